The summed E-state index contributed by atoms with van der Waals surface area (Å²) in [4.78, 5) is 7.17. The molecule has 1 unspecified atom stereocenters. The Kier molecular flexibility index (Phi) is 5.99. The maximum atomic E-state index is 14.2. The lowest BCUT2D eigenvalue weighted by Crippen LogP contribution is -2.24. The van der Waals surface area contributed by atoms with Gasteiger partial charge in [-0.05, 0) is 31.2 Å². The third kappa shape index (κ3) is 4.61. The van der Waals surface area contributed by atoms with E-state index < -0.39 is 46.7 Å². The van der Waals surface area contributed by atoms with Gasteiger partial charge in [-0.15, -0.1) is 0 Å². The molecule has 3 heterocycles. The highest BCUT2D eigenvalue weighted by atomic mass is 19.4. The molecule has 0 saturated carbocycles. The quantitative estimate of drug-likeness (QED) is 0.284. The zero-order valence-corrected chi connectivity index (χ0v) is 19.1. The van der Waals surface area contributed by atoms with Crippen molar-refractivity contribution >= 4 is 6.21 Å². The highest BCUT2D eigenvalue weighted by Gasteiger charge is 2.39. The van der Waals surface area contributed by atoms with Gasteiger partial charge < -0.3 is 9.51 Å². The fraction of sp³-hybridized carbons (Fsp3) is 0.208. The van der Waals surface area contributed by atoms with Crippen molar-refractivity contribution < 1.29 is 39.6 Å². The van der Waals surface area contributed by atoms with Gasteiger partial charge in [0.05, 0.1) is 40.8 Å². The number of alkyl halides is 6. The molecule has 2 aromatic heterocycles. The lowest BCUT2D eigenvalue weighted by atomic mass is 10.00. The second-order valence-electron chi connectivity index (χ2n) is 8.44. The molecule has 1 atom stereocenters. The van der Waals surface area contributed by atoms with Crippen molar-refractivity contribution in [1.29, 1.82) is 0 Å². The van der Waals surface area contributed by atoms with Crippen LogP contribution in [-0.2, 0) is 18.9 Å². The van der Waals surface area contributed by atoms with E-state index in [9.17, 15) is 35.1 Å². The molecule has 0 aliphatic carbocycles. The fourth-order valence-electron chi connectivity index (χ4n) is 3.97. The molecule has 6 nitrogen and oxygen atoms in total. The number of hydrazone groups is 1. The molecule has 198 valence electrons. The number of imidazole rings is 1. The summed E-state index contributed by atoms with van der Waals surface area (Å²) < 4.78 is 113. The van der Waals surface area contributed by atoms with E-state index in [0.717, 1.165) is 6.07 Å². The molecular weight excluding hydrogens is 526 g/mol. The zero-order valence-electron chi connectivity index (χ0n) is 19.1. The molecule has 2 aromatic carbocycles. The minimum Gasteiger partial charge on any atom is -0.358 e. The van der Waals surface area contributed by atoms with E-state index in [1.165, 1.54) is 29.4 Å². The Balaban J connectivity index is 1.40. The molecule has 0 amide bonds. The number of aromatic amines is 1. The summed E-state index contributed by atoms with van der Waals surface area (Å²) in [5.74, 6) is -1.95. The number of halogens is 8. The lowest BCUT2D eigenvalue weighted by Gasteiger charge is -2.25. The summed E-state index contributed by atoms with van der Waals surface area (Å²) >= 11 is 0. The number of hydrogen-bond acceptors (Lipinski definition) is 5. The molecule has 4 aromatic rings. The molecule has 1 aliphatic rings. The Morgan fingerprint density at radius 3 is 2.45 bits per heavy atom. The molecule has 1 aliphatic heterocycles. The Hall–Kier alpha value is -4.23. The molecule has 0 bridgehead atoms. The standard InChI is InChI=1S/C24H15F8N5O/c1-11(37-10-19-18(9-33-37)34-22(35-19)14-3-2-4-16(25)21(14)26)20-8-17(36-38-20)13-6-5-12(23(27,28)29)7-15(13)24(30,31)32/h2-9,11H,10H2,1H3,(H,34,35). The molecule has 0 radical (unpaired) electrons. The van der Waals surface area contributed by atoms with E-state index in [1.807, 2.05) is 0 Å². The first-order valence-corrected chi connectivity index (χ1v) is 10.9. The predicted molar refractivity (Wildman–Crippen MR) is 117 cm³/mol. The van der Waals surface area contributed by atoms with Crippen molar-refractivity contribution in [3.63, 3.8) is 0 Å². The van der Waals surface area contributed by atoms with E-state index in [-0.39, 0.29) is 35.5 Å². The van der Waals surface area contributed by atoms with Crippen molar-refractivity contribution in [2.24, 2.45) is 5.10 Å². The number of rotatable bonds is 4. The van der Waals surface area contributed by atoms with Crippen LogP contribution in [0.4, 0.5) is 35.1 Å². The Morgan fingerprint density at radius 1 is 0.974 bits per heavy atom. The molecule has 1 N–H and O–H groups in total. The van der Waals surface area contributed by atoms with Gasteiger partial charge in [0.15, 0.2) is 17.4 Å². The Morgan fingerprint density at radius 2 is 1.74 bits per heavy atom. The van der Waals surface area contributed by atoms with Crippen LogP contribution in [0, 0.1) is 11.6 Å². The van der Waals surface area contributed by atoms with Crippen LogP contribution in [-0.4, -0.2) is 26.3 Å². The van der Waals surface area contributed by atoms with Crippen LogP contribution in [0.2, 0.25) is 0 Å². The van der Waals surface area contributed by atoms with Crippen LogP contribution in [0.5, 0.6) is 0 Å². The summed E-state index contributed by atoms with van der Waals surface area (Å²) in [7, 11) is 0. The number of benzene rings is 2. The third-order valence-corrected chi connectivity index (χ3v) is 5.98. The minimum atomic E-state index is -5.08. The Bertz CT molecular complexity index is 1540. The molecule has 14 heteroatoms. The van der Waals surface area contributed by atoms with Crippen LogP contribution in [0.25, 0.3) is 22.6 Å². The van der Waals surface area contributed by atoms with Gasteiger partial charge in [0.25, 0.3) is 0 Å². The molecule has 0 saturated heterocycles. The van der Waals surface area contributed by atoms with Crippen molar-refractivity contribution in [3.05, 3.63) is 82.4 Å². The number of nitrogens with one attached hydrogen (secondary N) is 1. The summed E-state index contributed by atoms with van der Waals surface area (Å²) in [6.07, 6.45) is -8.65. The van der Waals surface area contributed by atoms with E-state index >= 15 is 0 Å². The Labute approximate surface area is 208 Å². The fourth-order valence-corrected chi connectivity index (χ4v) is 3.97. The van der Waals surface area contributed by atoms with E-state index in [0.29, 0.717) is 23.5 Å². The van der Waals surface area contributed by atoms with Crippen molar-refractivity contribution in [1.82, 2.24) is 20.1 Å². The van der Waals surface area contributed by atoms with Crippen LogP contribution in [0.3, 0.4) is 0 Å². The van der Waals surface area contributed by atoms with Gasteiger partial charge in [-0.25, -0.2) is 13.8 Å². The SMILES string of the molecule is CC(c1cc(-c2ccc(C(F)(F)F)cc2C(F)(F)F)no1)N1Cc2nc(-c3cccc(F)c3F)[nH]c2C=N1. The van der Waals surface area contributed by atoms with Crippen molar-refractivity contribution in [2.75, 3.05) is 0 Å². The maximum absolute atomic E-state index is 14.2. The van der Waals surface area contributed by atoms with Crippen LogP contribution >= 0.6 is 0 Å². The van der Waals surface area contributed by atoms with E-state index in [1.54, 1.807) is 6.92 Å². The van der Waals surface area contributed by atoms with Gasteiger partial charge in [0.2, 0.25) is 0 Å². The largest absolute Gasteiger partial charge is 0.417 e. The number of fused-ring (bicyclic) bond motifs is 1. The average Bonchev–Trinajstić information content (AvgIpc) is 3.51. The number of aromatic nitrogens is 3. The van der Waals surface area contributed by atoms with Crippen molar-refractivity contribution in [2.45, 2.75) is 31.9 Å². The van der Waals surface area contributed by atoms with Gasteiger partial charge in [0, 0.05) is 11.6 Å². The van der Waals surface area contributed by atoms with Crippen LogP contribution < -0.4 is 0 Å². The van der Waals surface area contributed by atoms with E-state index in [2.05, 4.69) is 20.2 Å². The zero-order chi connectivity index (χ0) is 27.4. The summed E-state index contributed by atoms with van der Waals surface area (Å²) in [6, 6.07) is 5.42. The van der Waals surface area contributed by atoms with Gasteiger partial charge >= 0.3 is 12.4 Å². The molecule has 0 fully saturated rings. The average molecular weight is 541 g/mol. The maximum Gasteiger partial charge on any atom is 0.417 e. The first kappa shape index (κ1) is 25.4. The highest BCUT2D eigenvalue weighted by molar-refractivity contribution is 5.81. The molecular formula is C24H15F8N5O. The number of nitrogens with zero attached hydrogens (tertiary/aromatic N) is 4. The smallest absolute Gasteiger partial charge is 0.358 e. The van der Waals surface area contributed by atoms with Crippen LogP contribution in [0.1, 0.15) is 41.2 Å². The highest BCUT2D eigenvalue weighted by Crippen LogP contribution is 2.41. The monoisotopic (exact) mass is 541 g/mol. The summed E-state index contributed by atoms with van der Waals surface area (Å²) in [5, 5.41) is 9.36. The topological polar surface area (TPSA) is 70.3 Å². The van der Waals surface area contributed by atoms with Crippen molar-refractivity contribution in [3.8, 4) is 22.6 Å². The van der Waals surface area contributed by atoms with E-state index in [4.69, 9.17) is 4.52 Å². The first-order valence-electron chi connectivity index (χ1n) is 10.9. The molecule has 5 rings (SSSR count). The normalized spacial score (nSPS) is 14.6. The van der Waals surface area contributed by atoms with Crippen LogP contribution in [0.15, 0.2) is 52.1 Å². The third-order valence-electron chi connectivity index (χ3n) is 5.98. The predicted octanol–water partition coefficient (Wildman–Crippen LogP) is 6.96. The van der Waals surface area contributed by atoms with Gasteiger partial charge in [-0.2, -0.15) is 31.4 Å². The second-order valence-corrected chi connectivity index (χ2v) is 8.44. The first-order chi connectivity index (χ1) is 17.8. The molecule has 38 heavy (non-hydrogen) atoms. The molecule has 0 spiro atoms. The lowest BCUT2D eigenvalue weighted by molar-refractivity contribution is -0.142. The van der Waals surface area contributed by atoms with Gasteiger partial charge in [-0.3, -0.25) is 5.01 Å². The second kappa shape index (κ2) is 8.96. The number of hydrogen-bond donors (Lipinski definition) is 1. The van der Waals surface area contributed by atoms with Gasteiger partial charge in [0.1, 0.15) is 17.6 Å². The number of H-pyrrole nitrogens is 1. The summed E-state index contributed by atoms with van der Waals surface area (Å²) in [6.45, 7) is 1.69. The van der Waals surface area contributed by atoms with Gasteiger partial charge in [-0.1, -0.05) is 17.3 Å². The minimum absolute atomic E-state index is 0.0279. The summed E-state index contributed by atoms with van der Waals surface area (Å²) in [5.41, 5.74) is -3.03.